The fourth-order valence-corrected chi connectivity index (χ4v) is 4.00. The normalized spacial score (nSPS) is 26.7. The van der Waals surface area contributed by atoms with Crippen molar-refractivity contribution in [1.82, 2.24) is 0 Å². The van der Waals surface area contributed by atoms with Crippen LogP contribution < -0.4 is 0 Å². The zero-order valence-corrected chi connectivity index (χ0v) is 12.8. The Morgan fingerprint density at radius 3 is 2.76 bits per heavy atom. The van der Waals surface area contributed by atoms with E-state index in [0.29, 0.717) is 5.56 Å². The third-order valence-electron chi connectivity index (χ3n) is 5.27. The summed E-state index contributed by atoms with van der Waals surface area (Å²) in [6.07, 6.45) is 7.33. The molecule has 0 aromatic heterocycles. The Morgan fingerprint density at radius 2 is 2.05 bits per heavy atom. The number of benzene rings is 1. The van der Waals surface area contributed by atoms with Gasteiger partial charge >= 0.3 is 0 Å². The summed E-state index contributed by atoms with van der Waals surface area (Å²) < 4.78 is 19.5. The summed E-state index contributed by atoms with van der Waals surface area (Å²) in [7, 11) is 0. The largest absolute Gasteiger partial charge is 0.388 e. The van der Waals surface area contributed by atoms with E-state index in [1.54, 1.807) is 19.1 Å². The van der Waals surface area contributed by atoms with Crippen molar-refractivity contribution < 1.29 is 14.2 Å². The number of aliphatic hydroxyl groups is 1. The standard InChI is InChI=1S/C18H25FO2/c1-13-11-14(5-6-16(13)19)17(20)15-7-10-21-18(12-15)8-3-2-4-9-18/h5-6,11,15,17,20H,2-4,7-10,12H2,1H3. The highest BCUT2D eigenvalue weighted by molar-refractivity contribution is 5.26. The van der Waals surface area contributed by atoms with Crippen LogP contribution >= 0.6 is 0 Å². The predicted molar refractivity (Wildman–Crippen MR) is 80.6 cm³/mol. The van der Waals surface area contributed by atoms with Crippen molar-refractivity contribution in [2.45, 2.75) is 63.6 Å². The molecule has 0 amide bonds. The minimum absolute atomic E-state index is 0.00276. The summed E-state index contributed by atoms with van der Waals surface area (Å²) in [4.78, 5) is 0. The molecule has 0 bridgehead atoms. The van der Waals surface area contributed by atoms with Gasteiger partial charge in [0.05, 0.1) is 11.7 Å². The van der Waals surface area contributed by atoms with E-state index in [1.165, 1.54) is 25.3 Å². The molecule has 1 saturated heterocycles. The second-order valence-electron chi connectivity index (χ2n) is 6.80. The average molecular weight is 292 g/mol. The van der Waals surface area contributed by atoms with Crippen molar-refractivity contribution >= 4 is 0 Å². The molecule has 3 rings (SSSR count). The van der Waals surface area contributed by atoms with Gasteiger partial charge in [-0.15, -0.1) is 0 Å². The Kier molecular flexibility index (Phi) is 4.32. The molecule has 1 saturated carbocycles. The van der Waals surface area contributed by atoms with E-state index < -0.39 is 6.10 Å². The molecule has 2 nitrogen and oxygen atoms in total. The SMILES string of the molecule is Cc1cc(C(O)C2CCOC3(CCCCC3)C2)ccc1F. The number of hydrogen-bond acceptors (Lipinski definition) is 2. The first kappa shape index (κ1) is 15.0. The van der Waals surface area contributed by atoms with Crippen LogP contribution in [0, 0.1) is 18.7 Å². The van der Waals surface area contributed by atoms with E-state index in [1.807, 2.05) is 0 Å². The summed E-state index contributed by atoms with van der Waals surface area (Å²) in [6, 6.07) is 4.96. The lowest BCUT2D eigenvalue weighted by Crippen LogP contribution is -2.42. The van der Waals surface area contributed by atoms with E-state index in [9.17, 15) is 9.50 Å². The zero-order valence-electron chi connectivity index (χ0n) is 12.8. The first-order valence-corrected chi connectivity index (χ1v) is 8.18. The van der Waals surface area contributed by atoms with Gasteiger partial charge in [0.25, 0.3) is 0 Å². The van der Waals surface area contributed by atoms with Crippen LogP contribution in [-0.4, -0.2) is 17.3 Å². The van der Waals surface area contributed by atoms with E-state index in [0.717, 1.165) is 37.9 Å². The van der Waals surface area contributed by atoms with Crippen LogP contribution in [0.15, 0.2) is 18.2 Å². The summed E-state index contributed by atoms with van der Waals surface area (Å²) in [5.74, 6) is 0.0170. The minimum Gasteiger partial charge on any atom is -0.388 e. The lowest BCUT2D eigenvalue weighted by Gasteiger charge is -2.44. The van der Waals surface area contributed by atoms with Crippen molar-refractivity contribution in [1.29, 1.82) is 0 Å². The number of rotatable bonds is 2. The maximum atomic E-state index is 13.4. The first-order valence-electron chi connectivity index (χ1n) is 8.18. The molecule has 1 aliphatic carbocycles. The Hall–Kier alpha value is -0.930. The van der Waals surface area contributed by atoms with Crippen LogP contribution in [0.1, 0.15) is 62.2 Å². The fraction of sp³-hybridized carbons (Fsp3) is 0.667. The average Bonchev–Trinajstić information content (AvgIpc) is 2.50. The molecule has 2 fully saturated rings. The Balaban J connectivity index is 1.74. The molecule has 1 N–H and O–H groups in total. The topological polar surface area (TPSA) is 29.5 Å². The molecule has 2 aliphatic rings. The molecular weight excluding hydrogens is 267 g/mol. The van der Waals surface area contributed by atoms with Crippen LogP contribution in [-0.2, 0) is 4.74 Å². The van der Waals surface area contributed by atoms with Gasteiger partial charge in [-0.25, -0.2) is 4.39 Å². The van der Waals surface area contributed by atoms with Crippen molar-refractivity contribution in [3.63, 3.8) is 0 Å². The zero-order chi connectivity index (χ0) is 14.9. The Bertz CT molecular complexity index is 488. The predicted octanol–water partition coefficient (Wildman–Crippen LogP) is 4.30. The summed E-state index contributed by atoms with van der Waals surface area (Å²) >= 11 is 0. The van der Waals surface area contributed by atoms with E-state index in [4.69, 9.17) is 4.74 Å². The number of ether oxygens (including phenoxy) is 1. The number of aliphatic hydroxyl groups excluding tert-OH is 1. The van der Waals surface area contributed by atoms with Crippen LogP contribution in [0.25, 0.3) is 0 Å². The van der Waals surface area contributed by atoms with Gasteiger partial charge in [0.15, 0.2) is 0 Å². The number of halogens is 1. The molecule has 1 spiro atoms. The second kappa shape index (κ2) is 6.05. The first-order chi connectivity index (χ1) is 10.1. The van der Waals surface area contributed by atoms with Crippen LogP contribution in [0.2, 0.25) is 0 Å². The minimum atomic E-state index is -0.507. The van der Waals surface area contributed by atoms with Crippen molar-refractivity contribution in [2.24, 2.45) is 5.92 Å². The van der Waals surface area contributed by atoms with Gasteiger partial charge in [-0.05, 0) is 55.7 Å². The molecule has 1 aromatic carbocycles. The van der Waals surface area contributed by atoms with E-state index >= 15 is 0 Å². The Labute approximate surface area is 126 Å². The van der Waals surface area contributed by atoms with Crippen molar-refractivity contribution in [3.8, 4) is 0 Å². The fourth-order valence-electron chi connectivity index (χ4n) is 4.00. The monoisotopic (exact) mass is 292 g/mol. The van der Waals surface area contributed by atoms with Crippen molar-refractivity contribution in [2.75, 3.05) is 6.61 Å². The van der Waals surface area contributed by atoms with Gasteiger partial charge in [0.2, 0.25) is 0 Å². The molecule has 1 aromatic rings. The van der Waals surface area contributed by atoms with Crippen LogP contribution in [0.5, 0.6) is 0 Å². The Morgan fingerprint density at radius 1 is 1.29 bits per heavy atom. The second-order valence-corrected chi connectivity index (χ2v) is 6.80. The lowest BCUT2D eigenvalue weighted by molar-refractivity contribution is -0.134. The van der Waals surface area contributed by atoms with Gasteiger partial charge in [-0.3, -0.25) is 0 Å². The van der Waals surface area contributed by atoms with Crippen molar-refractivity contribution in [3.05, 3.63) is 35.1 Å². The molecular formula is C18H25FO2. The molecule has 1 aliphatic heterocycles. The smallest absolute Gasteiger partial charge is 0.126 e. The highest BCUT2D eigenvalue weighted by Crippen LogP contribution is 2.44. The van der Waals surface area contributed by atoms with Crippen LogP contribution in [0.4, 0.5) is 4.39 Å². The van der Waals surface area contributed by atoms with Crippen LogP contribution in [0.3, 0.4) is 0 Å². The third-order valence-corrected chi connectivity index (χ3v) is 5.27. The maximum absolute atomic E-state index is 13.4. The molecule has 21 heavy (non-hydrogen) atoms. The van der Waals surface area contributed by atoms with E-state index in [-0.39, 0.29) is 17.3 Å². The molecule has 1 heterocycles. The highest BCUT2D eigenvalue weighted by Gasteiger charge is 2.40. The molecule has 3 heteroatoms. The molecule has 116 valence electrons. The van der Waals surface area contributed by atoms with Gasteiger partial charge in [0.1, 0.15) is 5.82 Å². The quantitative estimate of drug-likeness (QED) is 0.880. The molecule has 0 radical (unpaired) electrons. The number of hydrogen-bond donors (Lipinski definition) is 1. The molecule has 2 atom stereocenters. The summed E-state index contributed by atoms with van der Waals surface area (Å²) in [5, 5.41) is 10.7. The molecule has 2 unspecified atom stereocenters. The maximum Gasteiger partial charge on any atom is 0.126 e. The van der Waals surface area contributed by atoms with E-state index in [2.05, 4.69) is 0 Å². The third kappa shape index (κ3) is 3.14. The van der Waals surface area contributed by atoms with Gasteiger partial charge in [0, 0.05) is 6.61 Å². The van der Waals surface area contributed by atoms with Gasteiger partial charge in [-0.2, -0.15) is 0 Å². The summed E-state index contributed by atoms with van der Waals surface area (Å²) in [6.45, 7) is 2.49. The number of aryl methyl sites for hydroxylation is 1. The summed E-state index contributed by atoms with van der Waals surface area (Å²) in [5.41, 5.74) is 1.44. The lowest BCUT2D eigenvalue weighted by atomic mass is 9.74. The highest BCUT2D eigenvalue weighted by atomic mass is 19.1. The van der Waals surface area contributed by atoms with Gasteiger partial charge < -0.3 is 9.84 Å². The van der Waals surface area contributed by atoms with Gasteiger partial charge in [-0.1, -0.05) is 31.4 Å².